The molecule has 0 aromatic heterocycles. The highest BCUT2D eigenvalue weighted by Gasteiger charge is 2.32. The van der Waals surface area contributed by atoms with Gasteiger partial charge < -0.3 is 20.9 Å². The number of carbonyl (C=O) groups is 1. The molecule has 0 heterocycles. The zero-order valence-electron chi connectivity index (χ0n) is 11.4. The Hall–Kier alpha value is -2.24. The average Bonchev–Trinajstić information content (AvgIpc) is 3.26. The van der Waals surface area contributed by atoms with Crippen molar-refractivity contribution in [3.05, 3.63) is 29.3 Å². The van der Waals surface area contributed by atoms with Crippen molar-refractivity contribution in [3.63, 3.8) is 0 Å². The predicted octanol–water partition coefficient (Wildman–Crippen LogP) is 1.44. The Morgan fingerprint density at radius 2 is 2.20 bits per heavy atom. The molecule has 1 aromatic carbocycles. The number of nitrogens with zero attached hydrogens (tertiary/aromatic N) is 2. The third-order valence-electron chi connectivity index (χ3n) is 3.43. The van der Waals surface area contributed by atoms with Crippen LogP contribution in [0.15, 0.2) is 23.4 Å². The molecule has 0 atom stereocenters. The third kappa shape index (κ3) is 3.20. The number of oxime groups is 1. The minimum atomic E-state index is -0.0821. The molecule has 1 amide bonds. The Balaban J connectivity index is 2.12. The molecule has 1 aliphatic carbocycles. The summed E-state index contributed by atoms with van der Waals surface area (Å²) < 4.78 is 0. The Bertz CT molecular complexity index is 538. The fourth-order valence-corrected chi connectivity index (χ4v) is 2.08. The second kappa shape index (κ2) is 5.81. The van der Waals surface area contributed by atoms with E-state index in [1.807, 2.05) is 0 Å². The summed E-state index contributed by atoms with van der Waals surface area (Å²) in [6, 6.07) is 5.06. The van der Waals surface area contributed by atoms with E-state index >= 15 is 0 Å². The van der Waals surface area contributed by atoms with Crippen LogP contribution in [0.1, 0.15) is 35.2 Å². The predicted molar refractivity (Wildman–Crippen MR) is 74.9 cm³/mol. The minimum Gasteiger partial charge on any atom is -0.508 e. The summed E-state index contributed by atoms with van der Waals surface area (Å²) in [7, 11) is 0. The molecule has 2 rings (SSSR count). The molecule has 0 radical (unpaired) electrons. The van der Waals surface area contributed by atoms with E-state index in [4.69, 9.17) is 10.9 Å². The van der Waals surface area contributed by atoms with E-state index in [9.17, 15) is 9.90 Å². The second-order valence-corrected chi connectivity index (χ2v) is 5.07. The molecule has 0 unspecified atom stereocenters. The maximum atomic E-state index is 12.5. The number of amides is 1. The van der Waals surface area contributed by atoms with Gasteiger partial charge in [0.25, 0.3) is 5.91 Å². The molecule has 1 saturated carbocycles. The van der Waals surface area contributed by atoms with Crippen molar-refractivity contribution >= 4 is 11.7 Å². The zero-order chi connectivity index (χ0) is 14.7. The minimum absolute atomic E-state index is 0.0821. The Morgan fingerprint density at radius 1 is 1.50 bits per heavy atom. The van der Waals surface area contributed by atoms with E-state index in [0.29, 0.717) is 24.1 Å². The highest BCUT2D eigenvalue weighted by Crippen LogP contribution is 2.29. The van der Waals surface area contributed by atoms with Crippen LogP contribution in [0, 0.1) is 6.92 Å². The van der Waals surface area contributed by atoms with Gasteiger partial charge in [-0.1, -0.05) is 5.16 Å². The van der Waals surface area contributed by atoms with E-state index in [2.05, 4.69) is 5.16 Å². The number of aromatic hydroxyl groups is 1. The Kier molecular flexibility index (Phi) is 4.12. The summed E-state index contributed by atoms with van der Waals surface area (Å²) >= 11 is 0. The topological polar surface area (TPSA) is 99.2 Å². The molecule has 1 aliphatic rings. The van der Waals surface area contributed by atoms with Gasteiger partial charge in [0.15, 0.2) is 0 Å². The first-order valence-corrected chi connectivity index (χ1v) is 6.60. The molecule has 1 fully saturated rings. The number of phenolic OH excluding ortho intramolecular Hbond substituents is 1. The average molecular weight is 277 g/mol. The van der Waals surface area contributed by atoms with Crippen molar-refractivity contribution in [2.24, 2.45) is 10.9 Å². The summed E-state index contributed by atoms with van der Waals surface area (Å²) in [5, 5.41) is 21.0. The molecular weight excluding hydrogens is 258 g/mol. The number of aryl methyl sites for hydroxylation is 1. The van der Waals surface area contributed by atoms with Crippen LogP contribution < -0.4 is 5.73 Å². The van der Waals surface area contributed by atoms with Crippen molar-refractivity contribution in [2.75, 3.05) is 6.54 Å². The standard InChI is InChI=1S/C14H19N3O3/c1-9-8-10(2-5-12(9)18)14(19)17(11-3-4-11)7-6-13(15)16-20/h2,5,8,11,18,20H,3-4,6-7H2,1H3,(H2,15,16). The summed E-state index contributed by atoms with van der Waals surface area (Å²) in [5.74, 6) is 0.211. The molecule has 6 nitrogen and oxygen atoms in total. The van der Waals surface area contributed by atoms with E-state index in [1.54, 1.807) is 24.0 Å². The lowest BCUT2D eigenvalue weighted by Gasteiger charge is -2.22. The van der Waals surface area contributed by atoms with Gasteiger partial charge in [0, 0.05) is 24.6 Å². The van der Waals surface area contributed by atoms with Crippen LogP contribution in [0.3, 0.4) is 0 Å². The monoisotopic (exact) mass is 277 g/mol. The van der Waals surface area contributed by atoms with Crippen LogP contribution in [0.2, 0.25) is 0 Å². The molecule has 0 bridgehead atoms. The highest BCUT2D eigenvalue weighted by molar-refractivity contribution is 5.95. The number of benzene rings is 1. The van der Waals surface area contributed by atoms with Gasteiger partial charge in [-0.05, 0) is 43.5 Å². The van der Waals surface area contributed by atoms with Crippen LogP contribution in [-0.2, 0) is 0 Å². The van der Waals surface area contributed by atoms with E-state index in [-0.39, 0.29) is 23.5 Å². The first-order chi connectivity index (χ1) is 9.52. The SMILES string of the molecule is Cc1cc(C(=O)N(CC/C(N)=N/O)C2CC2)ccc1O. The number of amidine groups is 1. The molecule has 4 N–H and O–H groups in total. The van der Waals surface area contributed by atoms with E-state index in [1.165, 1.54) is 6.07 Å². The van der Waals surface area contributed by atoms with Crippen LogP contribution >= 0.6 is 0 Å². The van der Waals surface area contributed by atoms with Gasteiger partial charge >= 0.3 is 0 Å². The number of carbonyl (C=O) groups excluding carboxylic acids is 1. The number of nitrogens with two attached hydrogens (primary N) is 1. The van der Waals surface area contributed by atoms with Crippen LogP contribution in [0.25, 0.3) is 0 Å². The Morgan fingerprint density at radius 3 is 2.75 bits per heavy atom. The van der Waals surface area contributed by atoms with Gasteiger partial charge in [0.2, 0.25) is 0 Å². The first kappa shape index (κ1) is 14.2. The second-order valence-electron chi connectivity index (χ2n) is 5.07. The maximum Gasteiger partial charge on any atom is 0.254 e. The van der Waals surface area contributed by atoms with Crippen molar-refractivity contribution < 1.29 is 15.1 Å². The van der Waals surface area contributed by atoms with Gasteiger partial charge in [0.1, 0.15) is 11.6 Å². The summed E-state index contributed by atoms with van der Waals surface area (Å²) in [6.07, 6.45) is 2.31. The molecule has 0 spiro atoms. The highest BCUT2D eigenvalue weighted by atomic mass is 16.4. The quantitative estimate of drug-likeness (QED) is 0.328. The van der Waals surface area contributed by atoms with Gasteiger partial charge in [-0.2, -0.15) is 0 Å². The molecule has 0 aliphatic heterocycles. The van der Waals surface area contributed by atoms with E-state index in [0.717, 1.165) is 12.8 Å². The number of phenols is 1. The smallest absolute Gasteiger partial charge is 0.254 e. The van der Waals surface area contributed by atoms with Crippen LogP contribution in [0.4, 0.5) is 0 Å². The summed E-state index contributed by atoms with van der Waals surface area (Å²) in [4.78, 5) is 14.2. The molecule has 6 heteroatoms. The van der Waals surface area contributed by atoms with E-state index < -0.39 is 0 Å². The lowest BCUT2D eigenvalue weighted by atomic mass is 10.1. The van der Waals surface area contributed by atoms with Gasteiger partial charge in [0.05, 0.1) is 0 Å². The normalized spacial score (nSPS) is 15.2. The lowest BCUT2D eigenvalue weighted by molar-refractivity contribution is 0.0747. The van der Waals surface area contributed by atoms with Crippen molar-refractivity contribution in [1.29, 1.82) is 0 Å². The zero-order valence-corrected chi connectivity index (χ0v) is 11.4. The third-order valence-corrected chi connectivity index (χ3v) is 3.43. The Labute approximate surface area is 117 Å². The molecule has 0 saturated heterocycles. The van der Waals surface area contributed by atoms with Crippen LogP contribution in [-0.4, -0.2) is 39.5 Å². The number of hydrogen-bond donors (Lipinski definition) is 3. The fourth-order valence-electron chi connectivity index (χ4n) is 2.08. The van der Waals surface area contributed by atoms with Crippen molar-refractivity contribution in [3.8, 4) is 5.75 Å². The lowest BCUT2D eigenvalue weighted by Crippen LogP contribution is -2.36. The molecule has 20 heavy (non-hydrogen) atoms. The fraction of sp³-hybridized carbons (Fsp3) is 0.429. The molecule has 108 valence electrons. The summed E-state index contributed by atoms with van der Waals surface area (Å²) in [5.41, 5.74) is 6.67. The van der Waals surface area contributed by atoms with Crippen molar-refractivity contribution in [1.82, 2.24) is 4.90 Å². The first-order valence-electron chi connectivity index (χ1n) is 6.60. The summed E-state index contributed by atoms with van der Waals surface area (Å²) in [6.45, 7) is 2.18. The van der Waals surface area contributed by atoms with Crippen molar-refractivity contribution in [2.45, 2.75) is 32.2 Å². The largest absolute Gasteiger partial charge is 0.508 e. The van der Waals surface area contributed by atoms with Gasteiger partial charge in [-0.15, -0.1) is 0 Å². The number of rotatable bonds is 5. The maximum absolute atomic E-state index is 12.5. The molecular formula is C14H19N3O3. The van der Waals surface area contributed by atoms with Gasteiger partial charge in [-0.3, -0.25) is 4.79 Å². The number of hydrogen-bond acceptors (Lipinski definition) is 4. The van der Waals surface area contributed by atoms with Gasteiger partial charge in [-0.25, -0.2) is 0 Å². The van der Waals surface area contributed by atoms with Crippen LogP contribution in [0.5, 0.6) is 5.75 Å². The molecule has 1 aromatic rings.